The van der Waals surface area contributed by atoms with Crippen LogP contribution in [0.5, 0.6) is 0 Å². The molecule has 6 nitrogen and oxygen atoms in total. The minimum absolute atomic E-state index is 0.0926. The number of benzene rings is 2. The Kier molecular flexibility index (Phi) is 5.89. The lowest BCUT2D eigenvalue weighted by Gasteiger charge is -2.23. The van der Waals surface area contributed by atoms with Gasteiger partial charge < -0.3 is 5.32 Å². The van der Waals surface area contributed by atoms with Crippen molar-refractivity contribution in [3.05, 3.63) is 66.2 Å². The molecule has 0 unspecified atom stereocenters. The molecule has 0 aromatic heterocycles. The maximum absolute atomic E-state index is 13.0. The Morgan fingerprint density at radius 2 is 1.74 bits per heavy atom. The topological polar surface area (TPSA) is 90.3 Å². The Hall–Kier alpha value is -2.69. The first kappa shape index (κ1) is 19.1. The quantitative estimate of drug-likeness (QED) is 0.768. The molecule has 1 amide bonds. The van der Waals surface area contributed by atoms with Crippen molar-refractivity contribution in [1.29, 1.82) is 5.26 Å². The second-order valence-corrected chi connectivity index (χ2v) is 8.75. The van der Waals surface area contributed by atoms with Gasteiger partial charge in [-0.15, -0.1) is 0 Å². The van der Waals surface area contributed by atoms with E-state index in [-0.39, 0.29) is 30.3 Å². The SMILES string of the molecule is N#CCNC(=O)[C@@H]1C[C@@H](S(=O)(=O)c2ccccc2)CN1Cc1ccccc1. The second-order valence-electron chi connectivity index (χ2n) is 6.52. The highest BCUT2D eigenvalue weighted by Gasteiger charge is 2.43. The van der Waals surface area contributed by atoms with Crippen LogP contribution in [0.4, 0.5) is 0 Å². The van der Waals surface area contributed by atoms with Gasteiger partial charge in [0.25, 0.3) is 0 Å². The number of amides is 1. The van der Waals surface area contributed by atoms with Crippen LogP contribution in [0.3, 0.4) is 0 Å². The van der Waals surface area contributed by atoms with Crippen LogP contribution in [-0.2, 0) is 21.2 Å². The van der Waals surface area contributed by atoms with Gasteiger partial charge in [0.2, 0.25) is 5.91 Å². The molecule has 1 N–H and O–H groups in total. The standard InChI is InChI=1S/C20H21N3O3S/c21-11-12-22-20(24)19-13-18(27(25,26)17-9-5-2-6-10-17)15-23(19)14-16-7-3-1-4-8-16/h1-10,18-19H,12-15H2,(H,22,24)/t18-,19+/m1/s1. The fourth-order valence-corrected chi connectivity index (χ4v) is 5.14. The first-order valence-electron chi connectivity index (χ1n) is 8.74. The molecule has 140 valence electrons. The smallest absolute Gasteiger partial charge is 0.238 e. The summed E-state index contributed by atoms with van der Waals surface area (Å²) in [6.07, 6.45) is 0.210. The van der Waals surface area contributed by atoms with Crippen molar-refractivity contribution in [2.24, 2.45) is 0 Å². The number of rotatable bonds is 6. The lowest BCUT2D eigenvalue weighted by Crippen LogP contribution is -2.42. The summed E-state index contributed by atoms with van der Waals surface area (Å²) in [6, 6.07) is 19.3. The summed E-state index contributed by atoms with van der Waals surface area (Å²) in [5.41, 5.74) is 1.01. The van der Waals surface area contributed by atoms with E-state index in [1.807, 2.05) is 41.3 Å². The van der Waals surface area contributed by atoms with E-state index < -0.39 is 21.1 Å². The molecule has 1 fully saturated rings. The number of nitrogens with one attached hydrogen (secondary N) is 1. The maximum atomic E-state index is 13.0. The number of carbonyl (C=O) groups is 1. The fourth-order valence-electron chi connectivity index (χ4n) is 3.40. The van der Waals surface area contributed by atoms with E-state index in [1.165, 1.54) is 0 Å². The zero-order valence-corrected chi connectivity index (χ0v) is 15.6. The monoisotopic (exact) mass is 383 g/mol. The summed E-state index contributed by atoms with van der Waals surface area (Å²) < 4.78 is 26.0. The van der Waals surface area contributed by atoms with Gasteiger partial charge in [0.05, 0.1) is 22.3 Å². The molecule has 1 aliphatic rings. The van der Waals surface area contributed by atoms with E-state index in [9.17, 15) is 13.2 Å². The van der Waals surface area contributed by atoms with E-state index in [1.54, 1.807) is 30.3 Å². The molecule has 0 bridgehead atoms. The molecule has 1 heterocycles. The Morgan fingerprint density at radius 3 is 2.37 bits per heavy atom. The van der Waals surface area contributed by atoms with Gasteiger partial charge in [-0.05, 0) is 24.1 Å². The molecule has 1 saturated heterocycles. The third-order valence-electron chi connectivity index (χ3n) is 4.75. The van der Waals surface area contributed by atoms with Crippen LogP contribution in [0.1, 0.15) is 12.0 Å². The van der Waals surface area contributed by atoms with Gasteiger partial charge in [0.15, 0.2) is 9.84 Å². The molecule has 0 spiro atoms. The molecular formula is C20H21N3O3S. The Balaban J connectivity index is 1.84. The molecule has 2 atom stereocenters. The Bertz CT molecular complexity index is 924. The summed E-state index contributed by atoms with van der Waals surface area (Å²) in [6.45, 7) is 0.660. The van der Waals surface area contributed by atoms with Gasteiger partial charge in [-0.25, -0.2) is 8.42 Å². The largest absolute Gasteiger partial charge is 0.342 e. The third kappa shape index (κ3) is 4.35. The second kappa shape index (κ2) is 8.33. The van der Waals surface area contributed by atoms with Crippen molar-refractivity contribution in [2.75, 3.05) is 13.1 Å². The number of nitriles is 1. The van der Waals surface area contributed by atoms with Crippen LogP contribution in [0.2, 0.25) is 0 Å². The lowest BCUT2D eigenvalue weighted by atomic mass is 10.1. The summed E-state index contributed by atoms with van der Waals surface area (Å²) in [4.78, 5) is 14.7. The molecule has 3 rings (SSSR count). The predicted molar refractivity (Wildman–Crippen MR) is 101 cm³/mol. The molecule has 0 saturated carbocycles. The van der Waals surface area contributed by atoms with E-state index in [0.717, 1.165) is 5.56 Å². The molecule has 7 heteroatoms. The zero-order chi connectivity index (χ0) is 19.3. The summed E-state index contributed by atoms with van der Waals surface area (Å²) in [5.74, 6) is -0.307. The van der Waals surface area contributed by atoms with E-state index in [0.29, 0.717) is 6.54 Å². The predicted octanol–water partition coefficient (Wildman–Crippen LogP) is 1.74. The maximum Gasteiger partial charge on any atom is 0.238 e. The minimum atomic E-state index is -3.54. The van der Waals surface area contributed by atoms with Gasteiger partial charge in [-0.3, -0.25) is 9.69 Å². The van der Waals surface area contributed by atoms with Crippen LogP contribution in [0.15, 0.2) is 65.6 Å². The normalized spacial score (nSPS) is 20.1. The van der Waals surface area contributed by atoms with Gasteiger partial charge in [0.1, 0.15) is 6.54 Å². The van der Waals surface area contributed by atoms with Gasteiger partial charge in [-0.1, -0.05) is 48.5 Å². The van der Waals surface area contributed by atoms with Crippen molar-refractivity contribution >= 4 is 15.7 Å². The first-order chi connectivity index (χ1) is 13.0. The number of hydrogen-bond donors (Lipinski definition) is 1. The van der Waals surface area contributed by atoms with Crippen molar-refractivity contribution in [3.8, 4) is 6.07 Å². The molecule has 1 aliphatic heterocycles. The van der Waals surface area contributed by atoms with Crippen LogP contribution < -0.4 is 5.32 Å². The number of nitrogens with zero attached hydrogens (tertiary/aromatic N) is 2. The molecular weight excluding hydrogens is 362 g/mol. The van der Waals surface area contributed by atoms with Crippen LogP contribution in [-0.4, -0.2) is 43.6 Å². The average Bonchev–Trinajstić information content (AvgIpc) is 3.12. The summed E-state index contributed by atoms with van der Waals surface area (Å²) in [7, 11) is -3.54. The molecule has 0 radical (unpaired) electrons. The van der Waals surface area contributed by atoms with Crippen molar-refractivity contribution in [1.82, 2.24) is 10.2 Å². The molecule has 27 heavy (non-hydrogen) atoms. The fraction of sp³-hybridized carbons (Fsp3) is 0.300. The number of carbonyl (C=O) groups excluding carboxylic acids is 1. The van der Waals surface area contributed by atoms with Gasteiger partial charge in [-0.2, -0.15) is 5.26 Å². The number of likely N-dealkylation sites (tertiary alicyclic amines) is 1. The highest BCUT2D eigenvalue weighted by atomic mass is 32.2. The molecule has 0 aliphatic carbocycles. The van der Waals surface area contributed by atoms with E-state index in [2.05, 4.69) is 5.32 Å². The molecule has 2 aromatic carbocycles. The van der Waals surface area contributed by atoms with Gasteiger partial charge in [0, 0.05) is 13.1 Å². The van der Waals surface area contributed by atoms with Crippen molar-refractivity contribution in [3.63, 3.8) is 0 Å². The molecule has 2 aromatic rings. The Labute approximate surface area is 159 Å². The number of sulfone groups is 1. The van der Waals surface area contributed by atoms with Crippen LogP contribution in [0.25, 0.3) is 0 Å². The van der Waals surface area contributed by atoms with Crippen molar-refractivity contribution in [2.45, 2.75) is 29.2 Å². The van der Waals surface area contributed by atoms with E-state index >= 15 is 0 Å². The van der Waals surface area contributed by atoms with Crippen LogP contribution in [0, 0.1) is 11.3 Å². The van der Waals surface area contributed by atoms with Crippen LogP contribution >= 0.6 is 0 Å². The third-order valence-corrected chi connectivity index (χ3v) is 6.90. The highest BCUT2D eigenvalue weighted by Crippen LogP contribution is 2.29. The lowest BCUT2D eigenvalue weighted by molar-refractivity contribution is -0.125. The van der Waals surface area contributed by atoms with Gasteiger partial charge >= 0.3 is 0 Å². The van der Waals surface area contributed by atoms with Crippen molar-refractivity contribution < 1.29 is 13.2 Å². The first-order valence-corrected chi connectivity index (χ1v) is 10.3. The summed E-state index contributed by atoms with van der Waals surface area (Å²) in [5, 5.41) is 10.6. The zero-order valence-electron chi connectivity index (χ0n) is 14.8. The minimum Gasteiger partial charge on any atom is -0.342 e. The number of hydrogen-bond acceptors (Lipinski definition) is 5. The highest BCUT2D eigenvalue weighted by molar-refractivity contribution is 7.92. The average molecular weight is 383 g/mol. The van der Waals surface area contributed by atoms with E-state index in [4.69, 9.17) is 5.26 Å². The Morgan fingerprint density at radius 1 is 1.11 bits per heavy atom. The summed E-state index contributed by atoms with van der Waals surface area (Å²) >= 11 is 0.